The maximum absolute atomic E-state index is 14.9. The highest BCUT2D eigenvalue weighted by atomic mass is 32.2. The minimum Gasteiger partial charge on any atom is -0.396 e. The van der Waals surface area contributed by atoms with Gasteiger partial charge in [-0.05, 0) is 43.5 Å². The molecule has 0 aliphatic carbocycles. The van der Waals surface area contributed by atoms with Crippen LogP contribution in [-0.2, 0) is 27.6 Å². The highest BCUT2D eigenvalue weighted by Crippen LogP contribution is 2.29. The van der Waals surface area contributed by atoms with E-state index in [0.717, 1.165) is 16.9 Å². The van der Waals surface area contributed by atoms with E-state index in [1.54, 1.807) is 13.0 Å². The Morgan fingerprint density at radius 2 is 1.82 bits per heavy atom. The Labute approximate surface area is 196 Å². The van der Waals surface area contributed by atoms with Crippen LogP contribution in [-0.4, -0.2) is 46.5 Å². The summed E-state index contributed by atoms with van der Waals surface area (Å²) in [5.41, 5.74) is 0.0343. The average molecular weight is 493 g/mol. The summed E-state index contributed by atoms with van der Waals surface area (Å²) in [4.78, 5) is 29.4. The van der Waals surface area contributed by atoms with E-state index in [2.05, 4.69) is 4.98 Å². The van der Waals surface area contributed by atoms with Crippen LogP contribution < -0.4 is 5.56 Å². The number of rotatable bonds is 9. The first-order valence-electron chi connectivity index (χ1n) is 10.7. The third-order valence-electron chi connectivity index (χ3n) is 6.20. The zero-order chi connectivity index (χ0) is 25.3. The molecule has 0 aliphatic rings. The van der Waals surface area contributed by atoms with Crippen LogP contribution in [0.3, 0.4) is 0 Å². The molecular weight excluding hydrogens is 466 g/mol. The Hall–Kier alpha value is -2.98. The van der Waals surface area contributed by atoms with Crippen molar-refractivity contribution in [2.24, 2.45) is 0 Å². The highest BCUT2D eigenvalue weighted by Gasteiger charge is 2.41. The van der Waals surface area contributed by atoms with Crippen LogP contribution in [0.1, 0.15) is 32.3 Å². The molecular formula is C24H26F2N2O5S. The summed E-state index contributed by atoms with van der Waals surface area (Å²) in [5.74, 6) is -1.95. The molecule has 1 heterocycles. The Morgan fingerprint density at radius 3 is 2.41 bits per heavy atom. The standard InChI is InChI=1S/C24H26F2N2O5S/c1-4-22(30)24(2,34(3,32)33)8-9-28-14-27-21-13-17(20(26)12-18(21)23(28)31)16-6-5-15(7-10-29)11-19(16)25/h5-6,11-14,29H,4,7-10H2,1-3H3/t24-/m1/s1. The maximum Gasteiger partial charge on any atom is 0.261 e. The molecule has 3 rings (SSSR count). The highest BCUT2D eigenvalue weighted by molar-refractivity contribution is 7.92. The number of aryl methyl sites for hydroxylation is 1. The topological polar surface area (TPSA) is 106 Å². The zero-order valence-corrected chi connectivity index (χ0v) is 20.0. The second kappa shape index (κ2) is 9.71. The number of nitrogens with zero attached hydrogens (tertiary/aromatic N) is 2. The molecule has 10 heteroatoms. The first-order chi connectivity index (χ1) is 15.9. The number of aliphatic hydroxyl groups is 1. The van der Waals surface area contributed by atoms with Crippen molar-refractivity contribution in [1.29, 1.82) is 0 Å². The molecule has 0 spiro atoms. The van der Waals surface area contributed by atoms with Gasteiger partial charge in [-0.2, -0.15) is 0 Å². The van der Waals surface area contributed by atoms with E-state index in [4.69, 9.17) is 5.11 Å². The number of benzene rings is 2. The van der Waals surface area contributed by atoms with E-state index in [1.807, 2.05) is 0 Å². The van der Waals surface area contributed by atoms with Crippen molar-refractivity contribution in [2.75, 3.05) is 12.9 Å². The molecule has 0 unspecified atom stereocenters. The fourth-order valence-electron chi connectivity index (χ4n) is 3.85. The number of halogens is 2. The minimum atomic E-state index is -3.75. The molecule has 0 amide bonds. The molecule has 0 saturated heterocycles. The van der Waals surface area contributed by atoms with Crippen LogP contribution >= 0.6 is 0 Å². The van der Waals surface area contributed by atoms with Crippen molar-refractivity contribution in [3.63, 3.8) is 0 Å². The van der Waals surface area contributed by atoms with Gasteiger partial charge >= 0.3 is 0 Å². The Kier molecular flexibility index (Phi) is 7.32. The summed E-state index contributed by atoms with van der Waals surface area (Å²) in [6, 6.07) is 6.46. The van der Waals surface area contributed by atoms with Gasteiger partial charge in [0.2, 0.25) is 0 Å². The number of hydrogen-bond donors (Lipinski definition) is 1. The predicted octanol–water partition coefficient (Wildman–Crippen LogP) is 3.05. The van der Waals surface area contributed by atoms with Crippen molar-refractivity contribution in [3.05, 3.63) is 64.2 Å². The second-order valence-corrected chi connectivity index (χ2v) is 10.9. The number of hydrogen-bond acceptors (Lipinski definition) is 6. The van der Waals surface area contributed by atoms with Crippen molar-refractivity contribution < 1.29 is 27.1 Å². The lowest BCUT2D eigenvalue weighted by Crippen LogP contribution is -2.44. The molecule has 7 nitrogen and oxygen atoms in total. The molecule has 1 N–H and O–H groups in total. The first-order valence-corrected chi connectivity index (χ1v) is 12.6. The van der Waals surface area contributed by atoms with Gasteiger partial charge in [-0.15, -0.1) is 0 Å². The van der Waals surface area contributed by atoms with E-state index in [1.165, 1.54) is 31.5 Å². The normalized spacial score (nSPS) is 13.7. The number of fused-ring (bicyclic) bond motifs is 1. The predicted molar refractivity (Wildman–Crippen MR) is 125 cm³/mol. The number of carbonyl (C=O) groups is 1. The van der Waals surface area contributed by atoms with Crippen LogP contribution in [0, 0.1) is 11.6 Å². The minimum absolute atomic E-state index is 0.00550. The summed E-state index contributed by atoms with van der Waals surface area (Å²) >= 11 is 0. The molecule has 2 aromatic carbocycles. The molecule has 1 atom stereocenters. The number of ketones is 1. The number of carbonyl (C=O) groups excluding carboxylic acids is 1. The average Bonchev–Trinajstić information content (AvgIpc) is 2.78. The summed E-state index contributed by atoms with van der Waals surface area (Å²) in [5, 5.41) is 8.95. The Bertz CT molecular complexity index is 1420. The largest absolute Gasteiger partial charge is 0.396 e. The molecule has 0 bridgehead atoms. The zero-order valence-electron chi connectivity index (χ0n) is 19.1. The molecule has 1 aromatic heterocycles. The second-order valence-electron chi connectivity index (χ2n) is 8.41. The number of Topliss-reactive ketones (excluding diaryl/α,β-unsaturated/α-hetero) is 1. The van der Waals surface area contributed by atoms with Crippen LogP contribution in [0.2, 0.25) is 0 Å². The van der Waals surface area contributed by atoms with Gasteiger partial charge in [0.15, 0.2) is 15.6 Å². The van der Waals surface area contributed by atoms with Crippen molar-refractivity contribution >= 4 is 26.5 Å². The maximum atomic E-state index is 14.9. The number of sulfone groups is 1. The van der Waals surface area contributed by atoms with Gasteiger partial charge in [-0.3, -0.25) is 14.2 Å². The first kappa shape index (κ1) is 25.6. The summed E-state index contributed by atoms with van der Waals surface area (Å²) < 4.78 is 53.5. The van der Waals surface area contributed by atoms with Crippen molar-refractivity contribution in [1.82, 2.24) is 9.55 Å². The van der Waals surface area contributed by atoms with Crippen LogP contribution in [0.5, 0.6) is 0 Å². The Balaban J connectivity index is 2.00. The van der Waals surface area contributed by atoms with Crippen molar-refractivity contribution in [3.8, 4) is 11.1 Å². The lowest BCUT2D eigenvalue weighted by molar-refractivity contribution is -0.121. The SMILES string of the molecule is CCC(=O)[C@@](C)(CCn1cnc2cc(-c3ccc(CCO)cc3F)c(F)cc2c1=O)S(C)(=O)=O. The van der Waals surface area contributed by atoms with E-state index < -0.39 is 37.6 Å². The van der Waals surface area contributed by atoms with E-state index in [0.29, 0.717) is 5.56 Å². The van der Waals surface area contributed by atoms with Gasteiger partial charge in [0.1, 0.15) is 16.4 Å². The fourth-order valence-corrected chi connectivity index (χ4v) is 4.87. The smallest absolute Gasteiger partial charge is 0.261 e. The van der Waals surface area contributed by atoms with Gasteiger partial charge in [0, 0.05) is 37.0 Å². The van der Waals surface area contributed by atoms with Gasteiger partial charge in [-0.25, -0.2) is 22.2 Å². The van der Waals surface area contributed by atoms with E-state index in [-0.39, 0.29) is 54.4 Å². The molecule has 3 aromatic rings. The monoisotopic (exact) mass is 492 g/mol. The third kappa shape index (κ3) is 4.78. The van der Waals surface area contributed by atoms with Gasteiger partial charge in [0.25, 0.3) is 5.56 Å². The van der Waals surface area contributed by atoms with Crippen LogP contribution in [0.25, 0.3) is 22.0 Å². The van der Waals surface area contributed by atoms with Crippen LogP contribution in [0.4, 0.5) is 8.78 Å². The quantitative estimate of drug-likeness (QED) is 0.492. The molecule has 0 saturated carbocycles. The lowest BCUT2D eigenvalue weighted by Gasteiger charge is -2.26. The lowest BCUT2D eigenvalue weighted by atomic mass is 9.99. The number of aliphatic hydroxyl groups excluding tert-OH is 1. The molecule has 34 heavy (non-hydrogen) atoms. The van der Waals surface area contributed by atoms with E-state index in [9.17, 15) is 26.8 Å². The molecule has 0 radical (unpaired) electrons. The van der Waals surface area contributed by atoms with Gasteiger partial charge in [-0.1, -0.05) is 19.1 Å². The van der Waals surface area contributed by atoms with Gasteiger partial charge < -0.3 is 5.11 Å². The molecule has 0 aliphatic heterocycles. The van der Waals surface area contributed by atoms with Gasteiger partial charge in [0.05, 0.1) is 17.2 Å². The molecule has 182 valence electrons. The molecule has 0 fully saturated rings. The summed E-state index contributed by atoms with van der Waals surface area (Å²) in [6.07, 6.45) is 2.33. The number of aromatic nitrogens is 2. The van der Waals surface area contributed by atoms with E-state index >= 15 is 0 Å². The third-order valence-corrected chi connectivity index (χ3v) is 8.26. The fraction of sp³-hybridized carbons (Fsp3) is 0.375. The Morgan fingerprint density at radius 1 is 1.15 bits per heavy atom. The van der Waals surface area contributed by atoms with Crippen LogP contribution in [0.15, 0.2) is 41.5 Å². The summed E-state index contributed by atoms with van der Waals surface area (Å²) in [6.45, 7) is 2.65. The van der Waals surface area contributed by atoms with Crippen molar-refractivity contribution in [2.45, 2.75) is 44.4 Å². The summed E-state index contributed by atoms with van der Waals surface area (Å²) in [7, 11) is -3.75.